The number of carbonyl (C=O) groups is 2. The Labute approximate surface area is 207 Å². The zero-order valence-electron chi connectivity index (χ0n) is 20.0. The molecule has 0 aliphatic carbocycles. The van der Waals surface area contributed by atoms with Gasteiger partial charge in [0.05, 0.1) is 44.8 Å². The standard InChI is InChI=1S/C27H25N3O6/c1-34-17-12-13-21(24(14-17)36-3)29-25(31)15-28-26(32)20-16-30(22-10-6-7-11-23(22)35-2)27(33)19-9-5-4-8-18(19)20/h4-14,16H,15H2,1-3H3,(H,28,32)(H,29,31). The number of nitrogens with one attached hydrogen (secondary N) is 2. The molecule has 4 aromatic rings. The van der Waals surface area contributed by atoms with Gasteiger partial charge in [-0.25, -0.2) is 0 Å². The van der Waals surface area contributed by atoms with Crippen LogP contribution in [0.4, 0.5) is 5.69 Å². The van der Waals surface area contributed by atoms with Gasteiger partial charge in [-0.3, -0.25) is 19.0 Å². The maximum Gasteiger partial charge on any atom is 0.263 e. The number of fused-ring (bicyclic) bond motifs is 1. The van der Waals surface area contributed by atoms with Crippen LogP contribution in [0.2, 0.25) is 0 Å². The third-order valence-corrected chi connectivity index (χ3v) is 5.61. The van der Waals surface area contributed by atoms with Crippen LogP contribution in [0.1, 0.15) is 10.4 Å². The van der Waals surface area contributed by atoms with Gasteiger partial charge >= 0.3 is 0 Å². The van der Waals surface area contributed by atoms with Crippen LogP contribution in [0, 0.1) is 0 Å². The van der Waals surface area contributed by atoms with Gasteiger partial charge < -0.3 is 24.8 Å². The molecule has 0 aliphatic heterocycles. The number of pyridine rings is 1. The second kappa shape index (κ2) is 10.6. The lowest BCUT2D eigenvalue weighted by molar-refractivity contribution is -0.115. The van der Waals surface area contributed by atoms with Crippen molar-refractivity contribution in [3.63, 3.8) is 0 Å². The summed E-state index contributed by atoms with van der Waals surface area (Å²) in [6.07, 6.45) is 1.46. The number of nitrogens with zero attached hydrogens (tertiary/aromatic N) is 1. The Morgan fingerprint density at radius 2 is 1.53 bits per heavy atom. The van der Waals surface area contributed by atoms with Crippen LogP contribution in [-0.4, -0.2) is 44.3 Å². The highest BCUT2D eigenvalue weighted by atomic mass is 16.5. The molecule has 2 amide bonds. The van der Waals surface area contributed by atoms with E-state index in [0.717, 1.165) is 0 Å². The monoisotopic (exact) mass is 487 g/mol. The summed E-state index contributed by atoms with van der Waals surface area (Å²) in [5.74, 6) is 0.522. The fourth-order valence-electron chi connectivity index (χ4n) is 3.83. The molecule has 36 heavy (non-hydrogen) atoms. The number of anilines is 1. The highest BCUT2D eigenvalue weighted by Crippen LogP contribution is 2.29. The summed E-state index contributed by atoms with van der Waals surface area (Å²) in [6, 6.07) is 18.8. The van der Waals surface area contributed by atoms with E-state index in [4.69, 9.17) is 14.2 Å². The molecule has 0 bridgehead atoms. The molecule has 0 radical (unpaired) electrons. The normalized spacial score (nSPS) is 10.5. The van der Waals surface area contributed by atoms with Crippen molar-refractivity contribution < 1.29 is 23.8 Å². The van der Waals surface area contributed by atoms with Crippen molar-refractivity contribution in [3.8, 4) is 22.9 Å². The number of aromatic nitrogens is 1. The smallest absolute Gasteiger partial charge is 0.263 e. The summed E-state index contributed by atoms with van der Waals surface area (Å²) in [5, 5.41) is 6.19. The van der Waals surface area contributed by atoms with Crippen LogP contribution in [0.25, 0.3) is 16.5 Å². The minimum atomic E-state index is -0.508. The number of rotatable bonds is 8. The highest BCUT2D eigenvalue weighted by Gasteiger charge is 2.18. The number of ether oxygens (including phenoxy) is 3. The molecule has 1 heterocycles. The van der Waals surface area contributed by atoms with Crippen molar-refractivity contribution in [2.75, 3.05) is 33.2 Å². The lowest BCUT2D eigenvalue weighted by atomic mass is 10.1. The van der Waals surface area contributed by atoms with Crippen molar-refractivity contribution in [2.45, 2.75) is 0 Å². The minimum Gasteiger partial charge on any atom is -0.497 e. The van der Waals surface area contributed by atoms with Crippen molar-refractivity contribution in [2.24, 2.45) is 0 Å². The maximum atomic E-state index is 13.2. The molecule has 0 saturated carbocycles. The van der Waals surface area contributed by atoms with Gasteiger partial charge in [-0.1, -0.05) is 30.3 Å². The summed E-state index contributed by atoms with van der Waals surface area (Å²) in [5.41, 5.74) is 0.879. The van der Waals surface area contributed by atoms with Crippen LogP contribution >= 0.6 is 0 Å². The van der Waals surface area contributed by atoms with Crippen LogP contribution in [-0.2, 0) is 4.79 Å². The molecule has 0 fully saturated rings. The summed E-state index contributed by atoms with van der Waals surface area (Å²) >= 11 is 0. The van der Waals surface area contributed by atoms with Crippen molar-refractivity contribution in [3.05, 3.63) is 88.8 Å². The largest absolute Gasteiger partial charge is 0.497 e. The van der Waals surface area contributed by atoms with Gasteiger partial charge in [0.15, 0.2) is 0 Å². The Morgan fingerprint density at radius 1 is 0.833 bits per heavy atom. The number of amides is 2. The summed E-state index contributed by atoms with van der Waals surface area (Å²) < 4.78 is 17.2. The molecule has 9 nitrogen and oxygen atoms in total. The predicted octanol–water partition coefficient (Wildman–Crippen LogP) is 3.39. The SMILES string of the molecule is COc1ccc(NC(=O)CNC(=O)c2cn(-c3ccccc3OC)c(=O)c3ccccc23)c(OC)c1. The van der Waals surface area contributed by atoms with E-state index < -0.39 is 11.8 Å². The number of carbonyl (C=O) groups excluding carboxylic acids is 2. The fourth-order valence-corrected chi connectivity index (χ4v) is 3.83. The molecule has 184 valence electrons. The number of methoxy groups -OCH3 is 3. The van der Waals surface area contributed by atoms with E-state index in [0.29, 0.717) is 39.4 Å². The van der Waals surface area contributed by atoms with Gasteiger partial charge in [0, 0.05) is 23.0 Å². The van der Waals surface area contributed by atoms with Crippen LogP contribution < -0.4 is 30.4 Å². The molecule has 2 N–H and O–H groups in total. The van der Waals surface area contributed by atoms with Crippen LogP contribution in [0.15, 0.2) is 77.7 Å². The molecule has 0 atom stereocenters. The van der Waals surface area contributed by atoms with E-state index in [9.17, 15) is 14.4 Å². The van der Waals surface area contributed by atoms with Crippen LogP contribution in [0.5, 0.6) is 17.2 Å². The fraction of sp³-hybridized carbons (Fsp3) is 0.148. The molecule has 0 unspecified atom stereocenters. The van der Waals surface area contributed by atoms with Gasteiger partial charge in [-0.15, -0.1) is 0 Å². The second-order valence-electron chi connectivity index (χ2n) is 7.73. The predicted molar refractivity (Wildman–Crippen MR) is 137 cm³/mol. The van der Waals surface area contributed by atoms with Crippen molar-refractivity contribution >= 4 is 28.3 Å². The molecule has 1 aromatic heterocycles. The lowest BCUT2D eigenvalue weighted by Crippen LogP contribution is -2.34. The van der Waals surface area contributed by atoms with Crippen LogP contribution in [0.3, 0.4) is 0 Å². The van der Waals surface area contributed by atoms with E-state index in [-0.39, 0.29) is 17.7 Å². The number of hydrogen-bond donors (Lipinski definition) is 2. The first kappa shape index (κ1) is 24.3. The van der Waals surface area contributed by atoms with Gasteiger partial charge in [-0.2, -0.15) is 0 Å². The van der Waals surface area contributed by atoms with Gasteiger partial charge in [0.1, 0.15) is 17.2 Å². The molecule has 9 heteroatoms. The quantitative estimate of drug-likeness (QED) is 0.395. The van der Waals surface area contributed by atoms with Gasteiger partial charge in [-0.05, 0) is 30.3 Å². The molecule has 0 aliphatic rings. The van der Waals surface area contributed by atoms with E-state index >= 15 is 0 Å². The van der Waals surface area contributed by atoms with E-state index in [1.807, 2.05) is 0 Å². The maximum absolute atomic E-state index is 13.2. The molecular formula is C27H25N3O6. The Morgan fingerprint density at radius 3 is 2.25 bits per heavy atom. The minimum absolute atomic E-state index is 0.242. The molecular weight excluding hydrogens is 462 g/mol. The third-order valence-electron chi connectivity index (χ3n) is 5.61. The molecule has 3 aromatic carbocycles. The van der Waals surface area contributed by atoms with Crippen molar-refractivity contribution in [1.29, 1.82) is 0 Å². The lowest BCUT2D eigenvalue weighted by Gasteiger charge is -2.15. The average molecular weight is 488 g/mol. The molecule has 4 rings (SSSR count). The number of benzene rings is 3. The zero-order valence-corrected chi connectivity index (χ0v) is 20.0. The zero-order chi connectivity index (χ0) is 25.7. The van der Waals surface area contributed by atoms with E-state index in [1.165, 1.54) is 32.1 Å². The second-order valence-corrected chi connectivity index (χ2v) is 7.73. The summed E-state index contributed by atoms with van der Waals surface area (Å²) in [6.45, 7) is -0.296. The first-order chi connectivity index (χ1) is 17.5. The Bertz CT molecular complexity index is 1490. The summed E-state index contributed by atoms with van der Waals surface area (Å²) in [7, 11) is 4.52. The first-order valence-corrected chi connectivity index (χ1v) is 11.0. The highest BCUT2D eigenvalue weighted by molar-refractivity contribution is 6.08. The topological polar surface area (TPSA) is 108 Å². The van der Waals surface area contributed by atoms with E-state index in [1.54, 1.807) is 66.7 Å². The Balaban J connectivity index is 1.61. The summed E-state index contributed by atoms with van der Waals surface area (Å²) in [4.78, 5) is 39.0. The Hall–Kier alpha value is -4.79. The first-order valence-electron chi connectivity index (χ1n) is 11.0. The molecule has 0 spiro atoms. The van der Waals surface area contributed by atoms with E-state index in [2.05, 4.69) is 10.6 Å². The van der Waals surface area contributed by atoms with Crippen molar-refractivity contribution in [1.82, 2.24) is 9.88 Å². The van der Waals surface area contributed by atoms with Gasteiger partial charge in [0.2, 0.25) is 5.91 Å². The third kappa shape index (κ3) is 4.85. The average Bonchev–Trinajstić information content (AvgIpc) is 2.92. The molecule has 0 saturated heterocycles. The van der Waals surface area contributed by atoms with Gasteiger partial charge in [0.25, 0.3) is 11.5 Å². The number of hydrogen-bond acceptors (Lipinski definition) is 6. The number of para-hydroxylation sites is 2. The Kier molecular flexibility index (Phi) is 7.20.